The highest BCUT2D eigenvalue weighted by Crippen LogP contribution is 2.28. The molecular weight excluding hydrogens is 226 g/mol. The number of aromatic amines is 1. The SMILES string of the molecule is COC(=O)c1cccc2c1[nH]c1ccc(C)cc12. The van der Waals surface area contributed by atoms with Crippen LogP contribution in [0.1, 0.15) is 15.9 Å². The summed E-state index contributed by atoms with van der Waals surface area (Å²) in [5.74, 6) is -0.316. The normalized spacial score (nSPS) is 11.0. The number of esters is 1. The summed E-state index contributed by atoms with van der Waals surface area (Å²) in [6.07, 6.45) is 0. The summed E-state index contributed by atoms with van der Waals surface area (Å²) in [5.41, 5.74) is 3.65. The van der Waals surface area contributed by atoms with E-state index in [-0.39, 0.29) is 5.97 Å². The number of benzene rings is 2. The lowest BCUT2D eigenvalue weighted by Gasteiger charge is -2.00. The number of carbonyl (C=O) groups is 1. The summed E-state index contributed by atoms with van der Waals surface area (Å²) >= 11 is 0. The minimum atomic E-state index is -0.316. The smallest absolute Gasteiger partial charge is 0.339 e. The highest BCUT2D eigenvalue weighted by atomic mass is 16.5. The maximum Gasteiger partial charge on any atom is 0.339 e. The van der Waals surface area contributed by atoms with Crippen LogP contribution in [0.5, 0.6) is 0 Å². The van der Waals surface area contributed by atoms with Gasteiger partial charge in [-0.15, -0.1) is 0 Å². The molecule has 0 radical (unpaired) electrons. The van der Waals surface area contributed by atoms with Crippen molar-refractivity contribution in [2.24, 2.45) is 0 Å². The first-order chi connectivity index (χ1) is 8.70. The molecule has 0 bridgehead atoms. The zero-order valence-electron chi connectivity index (χ0n) is 10.3. The fourth-order valence-electron chi connectivity index (χ4n) is 2.32. The van der Waals surface area contributed by atoms with Crippen molar-refractivity contribution in [3.05, 3.63) is 47.5 Å². The molecule has 18 heavy (non-hydrogen) atoms. The van der Waals surface area contributed by atoms with Crippen molar-refractivity contribution in [1.29, 1.82) is 0 Å². The molecule has 0 saturated carbocycles. The lowest BCUT2D eigenvalue weighted by molar-refractivity contribution is 0.0603. The van der Waals surface area contributed by atoms with Gasteiger partial charge < -0.3 is 9.72 Å². The van der Waals surface area contributed by atoms with Crippen LogP contribution in [0.2, 0.25) is 0 Å². The van der Waals surface area contributed by atoms with E-state index in [9.17, 15) is 4.79 Å². The molecule has 0 saturated heterocycles. The van der Waals surface area contributed by atoms with Gasteiger partial charge in [0.1, 0.15) is 0 Å². The number of nitrogens with one attached hydrogen (secondary N) is 1. The van der Waals surface area contributed by atoms with Gasteiger partial charge in [0, 0.05) is 16.3 Å². The van der Waals surface area contributed by atoms with Gasteiger partial charge in [0.05, 0.1) is 18.2 Å². The van der Waals surface area contributed by atoms with E-state index in [2.05, 4.69) is 24.0 Å². The van der Waals surface area contributed by atoms with Crippen molar-refractivity contribution < 1.29 is 9.53 Å². The topological polar surface area (TPSA) is 42.1 Å². The van der Waals surface area contributed by atoms with Gasteiger partial charge in [-0.2, -0.15) is 0 Å². The summed E-state index contributed by atoms with van der Waals surface area (Å²) in [6.45, 7) is 2.06. The minimum absolute atomic E-state index is 0.316. The second-order valence-corrected chi connectivity index (χ2v) is 4.39. The van der Waals surface area contributed by atoms with E-state index in [1.165, 1.54) is 12.7 Å². The Hall–Kier alpha value is -2.29. The zero-order chi connectivity index (χ0) is 12.7. The van der Waals surface area contributed by atoms with Gasteiger partial charge in [0.25, 0.3) is 0 Å². The highest BCUT2D eigenvalue weighted by Gasteiger charge is 2.13. The molecule has 0 amide bonds. The summed E-state index contributed by atoms with van der Waals surface area (Å²) < 4.78 is 4.81. The molecule has 90 valence electrons. The monoisotopic (exact) mass is 239 g/mol. The number of carbonyl (C=O) groups excluding carboxylic acids is 1. The molecule has 3 aromatic rings. The second-order valence-electron chi connectivity index (χ2n) is 4.39. The average molecular weight is 239 g/mol. The van der Waals surface area contributed by atoms with Gasteiger partial charge in [-0.1, -0.05) is 23.8 Å². The summed E-state index contributed by atoms with van der Waals surface area (Å²) in [6, 6.07) is 11.9. The molecule has 3 rings (SSSR count). The molecule has 0 aliphatic carbocycles. The van der Waals surface area contributed by atoms with Gasteiger partial charge in [0.2, 0.25) is 0 Å². The Morgan fingerprint density at radius 1 is 1.17 bits per heavy atom. The number of aryl methyl sites for hydroxylation is 1. The quantitative estimate of drug-likeness (QED) is 0.661. The number of hydrogen-bond acceptors (Lipinski definition) is 2. The number of ether oxygens (including phenoxy) is 1. The molecule has 1 heterocycles. The first-order valence-corrected chi connectivity index (χ1v) is 5.80. The first kappa shape index (κ1) is 10.8. The van der Waals surface area contributed by atoms with E-state index < -0.39 is 0 Å². The predicted octanol–water partition coefficient (Wildman–Crippen LogP) is 3.42. The summed E-state index contributed by atoms with van der Waals surface area (Å²) in [5, 5.41) is 2.19. The lowest BCUT2D eigenvalue weighted by atomic mass is 10.1. The molecule has 0 atom stereocenters. The third-order valence-electron chi connectivity index (χ3n) is 3.19. The molecule has 2 aromatic carbocycles. The highest BCUT2D eigenvalue weighted by molar-refractivity contribution is 6.13. The Morgan fingerprint density at radius 2 is 2.00 bits per heavy atom. The molecule has 0 unspecified atom stereocenters. The van der Waals surface area contributed by atoms with Crippen LogP contribution in [-0.4, -0.2) is 18.1 Å². The fourth-order valence-corrected chi connectivity index (χ4v) is 2.32. The number of aromatic nitrogens is 1. The van der Waals surface area contributed by atoms with Crippen LogP contribution in [0.15, 0.2) is 36.4 Å². The van der Waals surface area contributed by atoms with Crippen LogP contribution in [0.3, 0.4) is 0 Å². The summed E-state index contributed by atoms with van der Waals surface area (Å²) in [7, 11) is 1.40. The van der Waals surface area contributed by atoms with Crippen LogP contribution in [-0.2, 0) is 4.74 Å². The molecular formula is C15H13NO2. The van der Waals surface area contributed by atoms with Crippen LogP contribution < -0.4 is 0 Å². The van der Waals surface area contributed by atoms with E-state index in [4.69, 9.17) is 4.74 Å². The largest absolute Gasteiger partial charge is 0.465 e. The standard InChI is InChI=1S/C15H13NO2/c1-9-6-7-13-12(8-9)10-4-3-5-11(14(10)16-13)15(17)18-2/h3-8,16H,1-2H3. The predicted molar refractivity (Wildman–Crippen MR) is 71.9 cm³/mol. The Labute approximate surface area is 104 Å². The molecule has 1 aromatic heterocycles. The number of H-pyrrole nitrogens is 1. The van der Waals surface area contributed by atoms with E-state index >= 15 is 0 Å². The lowest BCUT2D eigenvalue weighted by Crippen LogP contribution is -2.01. The van der Waals surface area contributed by atoms with Crippen LogP contribution >= 0.6 is 0 Å². The van der Waals surface area contributed by atoms with Crippen molar-refractivity contribution in [2.45, 2.75) is 6.92 Å². The van der Waals surface area contributed by atoms with Crippen molar-refractivity contribution in [3.63, 3.8) is 0 Å². The Morgan fingerprint density at radius 3 is 2.78 bits per heavy atom. The number of methoxy groups -OCH3 is 1. The Bertz CT molecular complexity index is 756. The number of rotatable bonds is 1. The molecule has 0 fully saturated rings. The fraction of sp³-hybridized carbons (Fsp3) is 0.133. The van der Waals surface area contributed by atoms with Crippen molar-refractivity contribution in [2.75, 3.05) is 7.11 Å². The molecule has 1 N–H and O–H groups in total. The Kier molecular flexibility index (Phi) is 2.33. The van der Waals surface area contributed by atoms with Gasteiger partial charge in [-0.25, -0.2) is 4.79 Å². The van der Waals surface area contributed by atoms with Crippen molar-refractivity contribution in [3.8, 4) is 0 Å². The zero-order valence-corrected chi connectivity index (χ0v) is 10.3. The van der Waals surface area contributed by atoms with Gasteiger partial charge >= 0.3 is 5.97 Å². The van der Waals surface area contributed by atoms with Gasteiger partial charge in [-0.3, -0.25) is 0 Å². The molecule has 3 heteroatoms. The molecule has 0 aliphatic heterocycles. The van der Waals surface area contributed by atoms with E-state index in [1.807, 2.05) is 18.2 Å². The Balaban J connectivity index is 2.42. The minimum Gasteiger partial charge on any atom is -0.465 e. The molecule has 0 aliphatic rings. The summed E-state index contributed by atoms with van der Waals surface area (Å²) in [4.78, 5) is 15.0. The van der Waals surface area contributed by atoms with E-state index in [0.29, 0.717) is 5.56 Å². The maximum absolute atomic E-state index is 11.7. The third-order valence-corrected chi connectivity index (χ3v) is 3.19. The van der Waals surface area contributed by atoms with Crippen LogP contribution in [0.25, 0.3) is 21.8 Å². The molecule has 0 spiro atoms. The first-order valence-electron chi connectivity index (χ1n) is 5.80. The molecule has 3 nitrogen and oxygen atoms in total. The van der Waals surface area contributed by atoms with Crippen LogP contribution in [0.4, 0.5) is 0 Å². The van der Waals surface area contributed by atoms with Gasteiger partial charge in [-0.05, 0) is 25.1 Å². The average Bonchev–Trinajstić information content (AvgIpc) is 2.75. The number of para-hydroxylation sites is 1. The second kappa shape index (κ2) is 3.88. The maximum atomic E-state index is 11.7. The number of fused-ring (bicyclic) bond motifs is 3. The van der Waals surface area contributed by atoms with E-state index in [0.717, 1.165) is 21.8 Å². The van der Waals surface area contributed by atoms with Crippen LogP contribution in [0, 0.1) is 6.92 Å². The van der Waals surface area contributed by atoms with E-state index in [1.54, 1.807) is 6.07 Å². The third kappa shape index (κ3) is 1.48. The van der Waals surface area contributed by atoms with Crippen molar-refractivity contribution in [1.82, 2.24) is 4.98 Å². The van der Waals surface area contributed by atoms with Crippen molar-refractivity contribution >= 4 is 27.8 Å². The number of hydrogen-bond donors (Lipinski definition) is 1. The van der Waals surface area contributed by atoms with Gasteiger partial charge in [0.15, 0.2) is 0 Å².